The third kappa shape index (κ3) is 1.92. The van der Waals surface area contributed by atoms with E-state index in [4.69, 9.17) is 15.2 Å². The van der Waals surface area contributed by atoms with Crippen LogP contribution in [0.25, 0.3) is 0 Å². The Morgan fingerprint density at radius 2 is 2.23 bits per heavy atom. The minimum Gasteiger partial charge on any atom is -0.486 e. The molecule has 3 nitrogen and oxygen atoms in total. The van der Waals surface area contributed by atoms with Crippen LogP contribution in [0.2, 0.25) is 0 Å². The first-order chi connectivity index (χ1) is 6.36. The first kappa shape index (κ1) is 8.38. The lowest BCUT2D eigenvalue weighted by Gasteiger charge is -2.12. The van der Waals surface area contributed by atoms with Crippen molar-refractivity contribution in [3.63, 3.8) is 0 Å². The number of hydrogen-bond acceptors (Lipinski definition) is 3. The molecule has 1 atom stereocenters. The Balaban J connectivity index is 2.04. The highest BCUT2D eigenvalue weighted by Crippen LogP contribution is 2.23. The van der Waals surface area contributed by atoms with Gasteiger partial charge in [-0.1, -0.05) is 12.1 Å². The van der Waals surface area contributed by atoms with Gasteiger partial charge in [-0.05, 0) is 12.1 Å². The maximum absolute atomic E-state index is 5.73. The molecule has 1 unspecified atom stereocenters. The lowest BCUT2D eigenvalue weighted by atomic mass is 10.3. The Bertz CT molecular complexity index is 282. The third-order valence-corrected chi connectivity index (χ3v) is 2.10. The number of rotatable bonds is 2. The number of anilines is 1. The highest BCUT2D eigenvalue weighted by Gasteiger charge is 2.17. The van der Waals surface area contributed by atoms with E-state index in [1.807, 2.05) is 24.3 Å². The van der Waals surface area contributed by atoms with Gasteiger partial charge in [0, 0.05) is 6.42 Å². The average Bonchev–Trinajstić information content (AvgIpc) is 2.61. The summed E-state index contributed by atoms with van der Waals surface area (Å²) in [5.74, 6) is 0.762. The van der Waals surface area contributed by atoms with Crippen LogP contribution in [0.3, 0.4) is 0 Å². The molecular weight excluding hydrogens is 166 g/mol. The molecule has 1 saturated heterocycles. The lowest BCUT2D eigenvalue weighted by molar-refractivity contribution is 0.142. The molecule has 0 bridgehead atoms. The fraction of sp³-hybridized carbons (Fsp3) is 0.400. The number of nitrogen functional groups attached to an aromatic ring is 1. The zero-order valence-electron chi connectivity index (χ0n) is 7.40. The Labute approximate surface area is 77.5 Å². The van der Waals surface area contributed by atoms with Crippen molar-refractivity contribution >= 4 is 5.69 Å². The smallest absolute Gasteiger partial charge is 0.142 e. The number of nitrogens with two attached hydrogens (primary N) is 1. The van der Waals surface area contributed by atoms with Crippen LogP contribution in [-0.4, -0.2) is 19.3 Å². The summed E-state index contributed by atoms with van der Waals surface area (Å²) < 4.78 is 10.9. The molecule has 1 aromatic carbocycles. The molecular formula is C10H13NO2. The zero-order valence-corrected chi connectivity index (χ0v) is 7.40. The number of para-hydroxylation sites is 2. The zero-order chi connectivity index (χ0) is 9.10. The minimum atomic E-state index is 0.171. The van der Waals surface area contributed by atoms with Gasteiger partial charge in [-0.15, -0.1) is 0 Å². The summed E-state index contributed by atoms with van der Waals surface area (Å²) in [6, 6.07) is 7.54. The van der Waals surface area contributed by atoms with Crippen molar-refractivity contribution in [2.45, 2.75) is 12.5 Å². The molecule has 0 radical (unpaired) electrons. The van der Waals surface area contributed by atoms with Crippen molar-refractivity contribution in [3.8, 4) is 5.75 Å². The Kier molecular flexibility index (Phi) is 2.36. The maximum atomic E-state index is 5.73. The van der Waals surface area contributed by atoms with Gasteiger partial charge < -0.3 is 15.2 Å². The van der Waals surface area contributed by atoms with Crippen LogP contribution in [0.1, 0.15) is 6.42 Å². The summed E-state index contributed by atoms with van der Waals surface area (Å²) in [4.78, 5) is 0. The van der Waals surface area contributed by atoms with Crippen molar-refractivity contribution in [2.75, 3.05) is 18.9 Å². The maximum Gasteiger partial charge on any atom is 0.142 e. The second-order valence-electron chi connectivity index (χ2n) is 3.14. The summed E-state index contributed by atoms with van der Waals surface area (Å²) in [6.07, 6.45) is 1.12. The molecule has 0 amide bonds. The summed E-state index contributed by atoms with van der Waals surface area (Å²) in [5.41, 5.74) is 6.42. The van der Waals surface area contributed by atoms with Crippen LogP contribution in [0.15, 0.2) is 24.3 Å². The molecule has 1 fully saturated rings. The summed E-state index contributed by atoms with van der Waals surface area (Å²) >= 11 is 0. The van der Waals surface area contributed by atoms with Gasteiger partial charge in [-0.3, -0.25) is 0 Å². The summed E-state index contributed by atoms with van der Waals surface area (Å²) in [7, 11) is 0. The fourth-order valence-corrected chi connectivity index (χ4v) is 1.37. The van der Waals surface area contributed by atoms with Crippen LogP contribution in [0.4, 0.5) is 5.69 Å². The first-order valence-corrected chi connectivity index (χ1v) is 4.45. The Morgan fingerprint density at radius 3 is 2.92 bits per heavy atom. The molecule has 0 aromatic heterocycles. The van der Waals surface area contributed by atoms with Crippen molar-refractivity contribution < 1.29 is 9.47 Å². The van der Waals surface area contributed by atoms with Crippen LogP contribution < -0.4 is 10.5 Å². The fourth-order valence-electron chi connectivity index (χ4n) is 1.37. The van der Waals surface area contributed by atoms with Crippen LogP contribution in [0, 0.1) is 0 Å². The predicted octanol–water partition coefficient (Wildman–Crippen LogP) is 1.44. The van der Waals surface area contributed by atoms with Gasteiger partial charge in [0.1, 0.15) is 11.9 Å². The van der Waals surface area contributed by atoms with E-state index in [1.54, 1.807) is 0 Å². The molecule has 1 aliphatic rings. The normalized spacial score (nSPS) is 21.7. The monoisotopic (exact) mass is 179 g/mol. The quantitative estimate of drug-likeness (QED) is 0.698. The first-order valence-electron chi connectivity index (χ1n) is 4.45. The minimum absolute atomic E-state index is 0.171. The molecule has 1 aliphatic heterocycles. The topological polar surface area (TPSA) is 44.5 Å². The third-order valence-electron chi connectivity index (χ3n) is 2.10. The van der Waals surface area contributed by atoms with E-state index in [0.717, 1.165) is 18.8 Å². The average molecular weight is 179 g/mol. The molecule has 0 saturated carbocycles. The van der Waals surface area contributed by atoms with Gasteiger partial charge in [-0.2, -0.15) is 0 Å². The number of ether oxygens (including phenoxy) is 2. The molecule has 13 heavy (non-hydrogen) atoms. The van der Waals surface area contributed by atoms with Crippen LogP contribution in [0.5, 0.6) is 5.75 Å². The summed E-state index contributed by atoms with van der Waals surface area (Å²) in [6.45, 7) is 1.46. The highest BCUT2D eigenvalue weighted by molar-refractivity contribution is 5.51. The largest absolute Gasteiger partial charge is 0.486 e. The van der Waals surface area contributed by atoms with E-state index >= 15 is 0 Å². The molecule has 70 valence electrons. The molecule has 2 N–H and O–H groups in total. The second kappa shape index (κ2) is 3.66. The molecule has 1 aromatic rings. The molecule has 2 rings (SSSR count). The molecule has 1 heterocycles. The molecule has 0 aliphatic carbocycles. The van der Waals surface area contributed by atoms with E-state index in [-0.39, 0.29) is 6.10 Å². The second-order valence-corrected chi connectivity index (χ2v) is 3.14. The number of hydrogen-bond donors (Lipinski definition) is 1. The number of benzene rings is 1. The van der Waals surface area contributed by atoms with E-state index in [1.165, 1.54) is 0 Å². The van der Waals surface area contributed by atoms with Gasteiger partial charge in [-0.25, -0.2) is 0 Å². The van der Waals surface area contributed by atoms with E-state index in [9.17, 15) is 0 Å². The van der Waals surface area contributed by atoms with Gasteiger partial charge in [0.05, 0.1) is 18.9 Å². The highest BCUT2D eigenvalue weighted by atomic mass is 16.5. The Morgan fingerprint density at radius 1 is 1.38 bits per heavy atom. The van der Waals surface area contributed by atoms with E-state index in [0.29, 0.717) is 12.3 Å². The molecule has 0 spiro atoms. The summed E-state index contributed by atoms with van der Waals surface area (Å²) in [5, 5.41) is 0. The predicted molar refractivity (Wildman–Crippen MR) is 50.7 cm³/mol. The van der Waals surface area contributed by atoms with Crippen LogP contribution >= 0.6 is 0 Å². The van der Waals surface area contributed by atoms with Crippen molar-refractivity contribution in [1.29, 1.82) is 0 Å². The van der Waals surface area contributed by atoms with Gasteiger partial charge in [0.2, 0.25) is 0 Å². The lowest BCUT2D eigenvalue weighted by Crippen LogP contribution is -2.16. The van der Waals surface area contributed by atoms with Crippen molar-refractivity contribution in [2.24, 2.45) is 0 Å². The van der Waals surface area contributed by atoms with Crippen LogP contribution in [-0.2, 0) is 4.74 Å². The van der Waals surface area contributed by atoms with Crippen molar-refractivity contribution in [3.05, 3.63) is 24.3 Å². The van der Waals surface area contributed by atoms with Crippen molar-refractivity contribution in [1.82, 2.24) is 0 Å². The van der Waals surface area contributed by atoms with Gasteiger partial charge in [0.15, 0.2) is 0 Å². The van der Waals surface area contributed by atoms with E-state index < -0.39 is 0 Å². The SMILES string of the molecule is Nc1ccccc1OC1CCOC1. The molecule has 3 heteroatoms. The Hall–Kier alpha value is -1.22. The standard InChI is InChI=1S/C10H13NO2/c11-9-3-1-2-4-10(9)13-8-5-6-12-7-8/h1-4,8H,5-7,11H2. The van der Waals surface area contributed by atoms with Gasteiger partial charge in [0.25, 0.3) is 0 Å². The van der Waals surface area contributed by atoms with E-state index in [2.05, 4.69) is 0 Å². The van der Waals surface area contributed by atoms with Gasteiger partial charge >= 0.3 is 0 Å².